The molecular formula is C11H12Na2O4. The van der Waals surface area contributed by atoms with Crippen molar-refractivity contribution in [3.05, 3.63) is 12.2 Å². The summed E-state index contributed by atoms with van der Waals surface area (Å²) < 4.78 is 0. The molecule has 82 valence electrons. The molecule has 0 aromatic rings. The zero-order valence-corrected chi connectivity index (χ0v) is 14.2. The molecule has 0 spiro atoms. The van der Waals surface area contributed by atoms with Gasteiger partial charge in [-0.25, -0.2) is 0 Å². The molecule has 3 aliphatic rings. The van der Waals surface area contributed by atoms with Crippen LogP contribution in [0.15, 0.2) is 12.2 Å². The van der Waals surface area contributed by atoms with Gasteiger partial charge in [0.15, 0.2) is 0 Å². The van der Waals surface area contributed by atoms with Crippen LogP contribution in [0.3, 0.4) is 0 Å². The van der Waals surface area contributed by atoms with E-state index in [-0.39, 0.29) is 71.0 Å². The summed E-state index contributed by atoms with van der Waals surface area (Å²) >= 11 is 0. The summed E-state index contributed by atoms with van der Waals surface area (Å²) in [7, 11) is 0. The molecule has 0 amide bonds. The molecule has 2 bridgehead atoms. The molecule has 17 heavy (non-hydrogen) atoms. The number of carboxylic acid groups (broad SMARTS) is 2. The molecule has 0 aromatic heterocycles. The van der Waals surface area contributed by atoms with Crippen LogP contribution in [0.5, 0.6) is 0 Å². The largest absolute Gasteiger partial charge is 1.00 e. The molecule has 4 nitrogen and oxygen atoms in total. The van der Waals surface area contributed by atoms with Gasteiger partial charge < -0.3 is 19.8 Å². The minimum atomic E-state index is -1.26. The molecule has 6 heteroatoms. The van der Waals surface area contributed by atoms with Gasteiger partial charge in [0.2, 0.25) is 0 Å². The van der Waals surface area contributed by atoms with Crippen molar-refractivity contribution in [2.24, 2.45) is 23.7 Å². The molecule has 0 N–H and O–H groups in total. The number of allylic oxidation sites excluding steroid dienone is 2. The van der Waals surface area contributed by atoms with Gasteiger partial charge in [-0.3, -0.25) is 0 Å². The van der Waals surface area contributed by atoms with Crippen LogP contribution in [0.2, 0.25) is 0 Å². The minimum Gasteiger partial charge on any atom is -0.550 e. The van der Waals surface area contributed by atoms with Gasteiger partial charge in [0.25, 0.3) is 0 Å². The molecule has 1 saturated carbocycles. The first-order valence-corrected chi connectivity index (χ1v) is 5.21. The quantitative estimate of drug-likeness (QED) is 0.362. The van der Waals surface area contributed by atoms with Crippen molar-refractivity contribution in [3.63, 3.8) is 0 Å². The minimum absolute atomic E-state index is 0. The first-order chi connectivity index (χ1) is 7.11. The monoisotopic (exact) mass is 254 g/mol. The van der Waals surface area contributed by atoms with Crippen LogP contribution in [0.1, 0.15) is 19.3 Å². The number of hydrogen-bond acceptors (Lipinski definition) is 4. The number of hydrogen-bond donors (Lipinski definition) is 0. The van der Waals surface area contributed by atoms with Crippen molar-refractivity contribution in [1.82, 2.24) is 0 Å². The van der Waals surface area contributed by atoms with Gasteiger partial charge in [0.1, 0.15) is 0 Å². The molecule has 0 radical (unpaired) electrons. The summed E-state index contributed by atoms with van der Waals surface area (Å²) in [4.78, 5) is 22.0. The average molecular weight is 254 g/mol. The maximum absolute atomic E-state index is 11.0. The van der Waals surface area contributed by atoms with E-state index in [2.05, 4.69) is 0 Å². The van der Waals surface area contributed by atoms with Crippen LogP contribution in [-0.4, -0.2) is 11.9 Å². The van der Waals surface area contributed by atoms with E-state index in [0.717, 1.165) is 19.3 Å². The van der Waals surface area contributed by atoms with Crippen LogP contribution in [0.25, 0.3) is 0 Å². The molecule has 0 aromatic carbocycles. The number of carbonyl (C=O) groups is 2. The summed E-state index contributed by atoms with van der Waals surface area (Å²) in [6.45, 7) is 0. The van der Waals surface area contributed by atoms with Crippen molar-refractivity contribution in [2.75, 3.05) is 0 Å². The summed E-state index contributed by atoms with van der Waals surface area (Å²) in [5.41, 5.74) is 0. The number of fused-ring (bicyclic) bond motifs is 3. The van der Waals surface area contributed by atoms with Gasteiger partial charge in [-0.15, -0.1) is 0 Å². The second-order valence-corrected chi connectivity index (χ2v) is 4.33. The Kier molecular flexibility index (Phi) is 7.61. The van der Waals surface area contributed by atoms with Gasteiger partial charge in [-0.2, -0.15) is 0 Å². The first-order valence-electron chi connectivity index (χ1n) is 5.21. The topological polar surface area (TPSA) is 80.3 Å². The third-order valence-corrected chi connectivity index (χ3v) is 3.53. The van der Waals surface area contributed by atoms with Crippen LogP contribution in [0.4, 0.5) is 0 Å². The standard InChI is InChI=1S/C11H14O4.2Na/c12-10(13)8-6-2-1-3-7(5-4-6)9(8)11(14)15;;/h4-9H,1-3H2,(H,12,13)(H,14,15);;/q;2*+1/p-2/t6-,7+,8+,9-;;. The number of carbonyl (C=O) groups excluding carboxylic acids is 2. The Morgan fingerprint density at radius 2 is 1.24 bits per heavy atom. The van der Waals surface area contributed by atoms with Crippen molar-refractivity contribution < 1.29 is 78.9 Å². The normalized spacial score (nSPS) is 34.1. The van der Waals surface area contributed by atoms with Gasteiger partial charge >= 0.3 is 59.1 Å². The summed E-state index contributed by atoms with van der Waals surface area (Å²) in [6, 6.07) is 0. The molecule has 1 fully saturated rings. The maximum Gasteiger partial charge on any atom is 1.00 e. The van der Waals surface area contributed by atoms with E-state index < -0.39 is 23.8 Å². The Balaban J connectivity index is 0.00000128. The van der Waals surface area contributed by atoms with Crippen molar-refractivity contribution in [3.8, 4) is 0 Å². The predicted octanol–water partition coefficient (Wildman–Crippen LogP) is -7.29. The van der Waals surface area contributed by atoms with Crippen LogP contribution >= 0.6 is 0 Å². The number of aliphatic carboxylic acids is 2. The molecule has 3 rings (SSSR count). The van der Waals surface area contributed by atoms with E-state index in [4.69, 9.17) is 0 Å². The van der Waals surface area contributed by atoms with Crippen molar-refractivity contribution >= 4 is 11.9 Å². The Morgan fingerprint density at radius 1 is 0.882 bits per heavy atom. The Hall–Kier alpha value is 0.680. The average Bonchev–Trinajstić information content (AvgIpc) is 2.48. The van der Waals surface area contributed by atoms with Crippen LogP contribution in [0, 0.1) is 23.7 Å². The Morgan fingerprint density at radius 3 is 1.53 bits per heavy atom. The van der Waals surface area contributed by atoms with E-state index in [1.807, 2.05) is 12.2 Å². The van der Waals surface area contributed by atoms with Crippen LogP contribution in [-0.2, 0) is 9.59 Å². The molecule has 4 atom stereocenters. The van der Waals surface area contributed by atoms with E-state index in [9.17, 15) is 19.8 Å². The fraction of sp³-hybridized carbons (Fsp3) is 0.636. The zero-order chi connectivity index (χ0) is 11.0. The van der Waals surface area contributed by atoms with Gasteiger partial charge in [-0.1, -0.05) is 18.6 Å². The maximum atomic E-state index is 11.0. The zero-order valence-electron chi connectivity index (χ0n) is 10.2. The number of rotatable bonds is 2. The van der Waals surface area contributed by atoms with E-state index in [0.29, 0.717) is 0 Å². The predicted molar refractivity (Wildman–Crippen MR) is 47.0 cm³/mol. The fourth-order valence-corrected chi connectivity index (χ4v) is 2.84. The fourth-order valence-electron chi connectivity index (χ4n) is 2.84. The molecule has 0 unspecified atom stereocenters. The Labute approximate surface area is 144 Å². The second kappa shape index (κ2) is 7.31. The third kappa shape index (κ3) is 3.58. The third-order valence-electron chi connectivity index (χ3n) is 3.53. The summed E-state index contributed by atoms with van der Waals surface area (Å²) in [6.07, 6.45) is 6.00. The van der Waals surface area contributed by atoms with Gasteiger partial charge in [0.05, 0.1) is 0 Å². The smallest absolute Gasteiger partial charge is 0.550 e. The summed E-state index contributed by atoms with van der Waals surface area (Å²) in [5, 5.41) is 22.0. The Bertz CT molecular complexity index is 299. The molecule has 0 saturated heterocycles. The van der Waals surface area contributed by atoms with E-state index >= 15 is 0 Å². The summed E-state index contributed by atoms with van der Waals surface area (Å²) in [5.74, 6) is -4.73. The van der Waals surface area contributed by atoms with Crippen molar-refractivity contribution in [2.45, 2.75) is 19.3 Å². The molecule has 3 aliphatic carbocycles. The molecule has 0 aliphatic heterocycles. The molecule has 0 heterocycles. The van der Waals surface area contributed by atoms with Crippen LogP contribution < -0.4 is 69.3 Å². The number of carboxylic acids is 2. The second-order valence-electron chi connectivity index (χ2n) is 4.33. The van der Waals surface area contributed by atoms with E-state index in [1.54, 1.807) is 0 Å². The SMILES string of the molecule is O=C([O-])[C@@H]1[C@H](C(=O)[O-])[C@@H]2C=C[C@H]1CCC2.[Na+].[Na+]. The van der Waals surface area contributed by atoms with Gasteiger partial charge in [-0.05, 0) is 24.7 Å². The van der Waals surface area contributed by atoms with Crippen molar-refractivity contribution in [1.29, 1.82) is 0 Å². The molecular weight excluding hydrogens is 242 g/mol. The first kappa shape index (κ1) is 17.7. The van der Waals surface area contributed by atoms with E-state index in [1.165, 1.54) is 0 Å². The van der Waals surface area contributed by atoms with Gasteiger partial charge in [0, 0.05) is 23.8 Å².